The van der Waals surface area contributed by atoms with Crippen LogP contribution in [0.15, 0.2) is 54.1 Å². The number of rotatable bonds is 8. The van der Waals surface area contributed by atoms with Crippen molar-refractivity contribution in [3.05, 3.63) is 71.0 Å². The fourth-order valence-electron chi connectivity index (χ4n) is 3.54. The molecule has 7 heteroatoms. The zero-order valence-electron chi connectivity index (χ0n) is 18.0. The first-order valence-corrected chi connectivity index (χ1v) is 10.4. The van der Waals surface area contributed by atoms with Gasteiger partial charge < -0.3 is 19.6 Å². The van der Waals surface area contributed by atoms with Crippen molar-refractivity contribution in [2.45, 2.75) is 19.4 Å². The molecule has 1 N–H and O–H groups in total. The first-order valence-electron chi connectivity index (χ1n) is 10.4. The van der Waals surface area contributed by atoms with E-state index in [1.54, 1.807) is 30.3 Å². The van der Waals surface area contributed by atoms with Gasteiger partial charge in [0.1, 0.15) is 11.6 Å². The molecule has 1 aliphatic heterocycles. The van der Waals surface area contributed by atoms with Crippen molar-refractivity contribution in [1.29, 1.82) is 0 Å². The Labute approximate surface area is 181 Å². The zero-order valence-corrected chi connectivity index (χ0v) is 18.0. The van der Waals surface area contributed by atoms with Gasteiger partial charge in [0.15, 0.2) is 0 Å². The highest BCUT2D eigenvalue weighted by Gasteiger charge is 2.45. The molecule has 164 valence electrons. The standard InChI is InChI=1S/C24H27FN2O4/c1-4-15-31-17-11-9-16(10-12-17)22(28)20-21(18-7-5-6-8-19(18)25)27(14-13-26(2)3)24(30)23(20)29/h5-12,21,28H,4,13-15H2,1-3H3. The Morgan fingerprint density at radius 2 is 1.81 bits per heavy atom. The number of ether oxygens (including phenoxy) is 1. The third-order valence-corrected chi connectivity index (χ3v) is 5.17. The fourth-order valence-corrected chi connectivity index (χ4v) is 3.54. The number of hydrogen-bond acceptors (Lipinski definition) is 4. The third kappa shape index (κ3) is 4.77. The lowest BCUT2D eigenvalue weighted by Crippen LogP contribution is -3.06. The number of carbonyl (C=O) groups is 2. The highest BCUT2D eigenvalue weighted by Crippen LogP contribution is 2.39. The quantitative estimate of drug-likeness (QED) is 0.388. The lowest BCUT2D eigenvalue weighted by atomic mass is 9.95. The van der Waals surface area contributed by atoms with Crippen LogP contribution in [0.4, 0.5) is 4.39 Å². The smallest absolute Gasteiger partial charge is 0.295 e. The predicted molar refractivity (Wildman–Crippen MR) is 113 cm³/mol. The van der Waals surface area contributed by atoms with Gasteiger partial charge in [-0.1, -0.05) is 43.0 Å². The molecule has 6 nitrogen and oxygen atoms in total. The van der Waals surface area contributed by atoms with Gasteiger partial charge in [-0.15, -0.1) is 0 Å². The minimum Gasteiger partial charge on any atom is -0.872 e. The van der Waals surface area contributed by atoms with Gasteiger partial charge in [0.25, 0.3) is 5.91 Å². The molecule has 1 atom stereocenters. The molecular formula is C24H27FN2O4. The summed E-state index contributed by atoms with van der Waals surface area (Å²) in [4.78, 5) is 28.0. The van der Waals surface area contributed by atoms with E-state index in [-0.39, 0.29) is 23.2 Å². The van der Waals surface area contributed by atoms with Crippen LogP contribution >= 0.6 is 0 Å². The van der Waals surface area contributed by atoms with Crippen LogP contribution in [-0.2, 0) is 9.59 Å². The van der Waals surface area contributed by atoms with E-state index in [2.05, 4.69) is 0 Å². The molecule has 1 unspecified atom stereocenters. The Morgan fingerprint density at radius 1 is 1.13 bits per heavy atom. The Balaban J connectivity index is 2.07. The van der Waals surface area contributed by atoms with Crippen molar-refractivity contribution >= 4 is 17.4 Å². The molecule has 1 amide bonds. The summed E-state index contributed by atoms with van der Waals surface area (Å²) in [6.45, 7) is 3.32. The van der Waals surface area contributed by atoms with Crippen LogP contribution in [0, 0.1) is 5.82 Å². The SMILES string of the molecule is CCCOc1ccc(C([O-])=C2C(=O)C(=O)N(CC[NH+](C)C)C2c2ccccc2F)cc1. The van der Waals surface area contributed by atoms with E-state index in [1.807, 2.05) is 21.0 Å². The second-order valence-corrected chi connectivity index (χ2v) is 7.82. The van der Waals surface area contributed by atoms with Crippen molar-refractivity contribution in [3.63, 3.8) is 0 Å². The molecule has 1 fully saturated rings. The second-order valence-electron chi connectivity index (χ2n) is 7.82. The third-order valence-electron chi connectivity index (χ3n) is 5.17. The van der Waals surface area contributed by atoms with E-state index in [9.17, 15) is 19.1 Å². The number of halogens is 1. The van der Waals surface area contributed by atoms with E-state index >= 15 is 0 Å². The number of likely N-dealkylation sites (N-methyl/N-ethyl adjacent to an activating group) is 1. The molecule has 0 spiro atoms. The van der Waals surface area contributed by atoms with E-state index in [4.69, 9.17) is 4.74 Å². The summed E-state index contributed by atoms with van der Waals surface area (Å²) in [5, 5.41) is 13.3. The number of quaternary nitrogens is 1. The topological polar surface area (TPSA) is 74.1 Å². The van der Waals surface area contributed by atoms with Crippen LogP contribution < -0.4 is 14.7 Å². The van der Waals surface area contributed by atoms with E-state index in [1.165, 1.54) is 23.1 Å². The molecule has 0 bridgehead atoms. The normalized spacial score (nSPS) is 18.1. The summed E-state index contributed by atoms with van der Waals surface area (Å²) in [5.74, 6) is -2.18. The Morgan fingerprint density at radius 3 is 2.42 bits per heavy atom. The zero-order chi connectivity index (χ0) is 22.5. The molecule has 3 rings (SSSR count). The largest absolute Gasteiger partial charge is 0.872 e. The van der Waals surface area contributed by atoms with Gasteiger partial charge in [0.2, 0.25) is 5.78 Å². The van der Waals surface area contributed by atoms with Gasteiger partial charge in [-0.05, 0) is 30.2 Å². The average Bonchev–Trinajstić information content (AvgIpc) is 3.01. The maximum absolute atomic E-state index is 14.7. The molecular weight excluding hydrogens is 399 g/mol. The molecule has 0 aromatic heterocycles. The summed E-state index contributed by atoms with van der Waals surface area (Å²) >= 11 is 0. The van der Waals surface area contributed by atoms with E-state index in [0.717, 1.165) is 11.3 Å². The highest BCUT2D eigenvalue weighted by atomic mass is 19.1. The molecule has 0 radical (unpaired) electrons. The van der Waals surface area contributed by atoms with Crippen LogP contribution in [0.2, 0.25) is 0 Å². The number of nitrogens with zero attached hydrogens (tertiary/aromatic N) is 1. The first kappa shape index (κ1) is 22.5. The van der Waals surface area contributed by atoms with E-state index in [0.29, 0.717) is 18.9 Å². The Kier molecular flexibility index (Phi) is 7.07. The number of Topliss-reactive ketones (excluding diaryl/α,β-unsaturated/α-hetero) is 1. The molecule has 2 aromatic carbocycles. The fraction of sp³-hybridized carbons (Fsp3) is 0.333. The lowest BCUT2D eigenvalue weighted by molar-refractivity contribution is -0.857. The molecule has 1 saturated heterocycles. The number of benzene rings is 2. The van der Waals surface area contributed by atoms with E-state index < -0.39 is 29.3 Å². The molecule has 0 saturated carbocycles. The van der Waals surface area contributed by atoms with Crippen LogP contribution in [0.5, 0.6) is 5.75 Å². The summed E-state index contributed by atoms with van der Waals surface area (Å²) in [6, 6.07) is 11.3. The molecule has 0 aliphatic carbocycles. The van der Waals surface area contributed by atoms with Crippen LogP contribution in [0.3, 0.4) is 0 Å². The summed E-state index contributed by atoms with van der Waals surface area (Å²) in [6.07, 6.45) is 0.851. The lowest BCUT2D eigenvalue weighted by Gasteiger charge is -2.28. The van der Waals surface area contributed by atoms with Gasteiger partial charge >= 0.3 is 0 Å². The van der Waals surface area contributed by atoms with Crippen LogP contribution in [-0.4, -0.2) is 50.4 Å². The predicted octanol–water partition coefficient (Wildman–Crippen LogP) is 0.983. The van der Waals surface area contributed by atoms with Gasteiger partial charge in [0, 0.05) is 11.1 Å². The Bertz CT molecular complexity index is 985. The number of likely N-dealkylation sites (tertiary alicyclic amines) is 1. The minimum atomic E-state index is -1.05. The molecule has 31 heavy (non-hydrogen) atoms. The number of nitrogens with one attached hydrogen (secondary N) is 1. The summed E-state index contributed by atoms with van der Waals surface area (Å²) in [7, 11) is 3.83. The van der Waals surface area contributed by atoms with Crippen molar-refractivity contribution < 1.29 is 28.7 Å². The Hall–Kier alpha value is -3.19. The van der Waals surface area contributed by atoms with Crippen LogP contribution in [0.1, 0.15) is 30.5 Å². The van der Waals surface area contributed by atoms with Crippen molar-refractivity contribution in [1.82, 2.24) is 4.90 Å². The number of amides is 1. The monoisotopic (exact) mass is 426 g/mol. The maximum atomic E-state index is 14.7. The number of carbonyl (C=O) groups excluding carboxylic acids is 2. The average molecular weight is 426 g/mol. The molecule has 1 aliphatic rings. The molecule has 1 heterocycles. The number of hydrogen-bond donors (Lipinski definition) is 1. The van der Waals surface area contributed by atoms with Crippen molar-refractivity contribution in [2.24, 2.45) is 0 Å². The van der Waals surface area contributed by atoms with Crippen molar-refractivity contribution in [2.75, 3.05) is 33.8 Å². The highest BCUT2D eigenvalue weighted by molar-refractivity contribution is 6.46. The maximum Gasteiger partial charge on any atom is 0.295 e. The minimum absolute atomic E-state index is 0.140. The molecule has 2 aromatic rings. The number of ketones is 1. The summed E-state index contributed by atoms with van der Waals surface area (Å²) in [5.41, 5.74) is 0.175. The first-order chi connectivity index (χ1) is 14.8. The van der Waals surface area contributed by atoms with Gasteiger partial charge in [-0.2, -0.15) is 0 Å². The van der Waals surface area contributed by atoms with Crippen molar-refractivity contribution in [3.8, 4) is 5.75 Å². The second kappa shape index (κ2) is 9.75. The van der Waals surface area contributed by atoms with Gasteiger partial charge in [-0.25, -0.2) is 4.39 Å². The van der Waals surface area contributed by atoms with Crippen LogP contribution in [0.25, 0.3) is 5.76 Å². The van der Waals surface area contributed by atoms with Gasteiger partial charge in [0.05, 0.1) is 39.8 Å². The van der Waals surface area contributed by atoms with Gasteiger partial charge in [-0.3, -0.25) is 9.59 Å². The summed E-state index contributed by atoms with van der Waals surface area (Å²) < 4.78 is 20.2.